The number of anilines is 1. The molecule has 0 radical (unpaired) electrons. The van der Waals surface area contributed by atoms with E-state index in [0.29, 0.717) is 29.8 Å². The molecule has 3 N–H and O–H groups in total. The van der Waals surface area contributed by atoms with Gasteiger partial charge in [-0.3, -0.25) is 0 Å². The SMILES string of the molecule is Cc1cccc(NC(N)=NCc2ccc(S(=O)(=O)N3CCCCC3)s2)c1. The van der Waals surface area contributed by atoms with Crippen LogP contribution < -0.4 is 11.1 Å². The van der Waals surface area contributed by atoms with E-state index in [1.165, 1.54) is 11.3 Å². The van der Waals surface area contributed by atoms with Crippen LogP contribution in [0, 0.1) is 6.92 Å². The molecule has 0 bridgehead atoms. The minimum atomic E-state index is -3.38. The highest BCUT2D eigenvalue weighted by Crippen LogP contribution is 2.27. The molecular formula is C18H24N4O2S2. The van der Waals surface area contributed by atoms with Crippen molar-refractivity contribution < 1.29 is 8.42 Å². The van der Waals surface area contributed by atoms with Crippen molar-refractivity contribution in [2.45, 2.75) is 36.9 Å². The van der Waals surface area contributed by atoms with Crippen LogP contribution in [0.5, 0.6) is 0 Å². The number of guanidine groups is 1. The minimum absolute atomic E-state index is 0.310. The lowest BCUT2D eigenvalue weighted by Gasteiger charge is -2.25. The summed E-state index contributed by atoms with van der Waals surface area (Å²) in [5.74, 6) is 0.310. The molecule has 0 saturated carbocycles. The van der Waals surface area contributed by atoms with Gasteiger partial charge in [-0.05, 0) is 49.6 Å². The summed E-state index contributed by atoms with van der Waals surface area (Å²) in [5, 5.41) is 3.05. The number of aryl methyl sites for hydroxylation is 1. The van der Waals surface area contributed by atoms with E-state index in [1.54, 1.807) is 10.4 Å². The van der Waals surface area contributed by atoms with Crippen LogP contribution in [0.15, 0.2) is 45.6 Å². The summed E-state index contributed by atoms with van der Waals surface area (Å²) >= 11 is 1.26. The van der Waals surface area contributed by atoms with Gasteiger partial charge in [0.15, 0.2) is 5.96 Å². The standard InChI is InChI=1S/C18H24N4O2S2/c1-14-6-5-7-15(12-14)21-18(19)20-13-16-8-9-17(25-16)26(23,24)22-10-3-2-4-11-22/h5-9,12H,2-4,10-11,13H2,1H3,(H3,19,20,21). The Kier molecular flexibility index (Phi) is 5.95. The summed E-state index contributed by atoms with van der Waals surface area (Å²) in [7, 11) is -3.38. The Balaban J connectivity index is 1.64. The average Bonchev–Trinajstić information content (AvgIpc) is 3.11. The summed E-state index contributed by atoms with van der Waals surface area (Å²) in [6, 6.07) is 11.3. The van der Waals surface area contributed by atoms with Crippen molar-refractivity contribution in [2.75, 3.05) is 18.4 Å². The second-order valence-electron chi connectivity index (χ2n) is 6.38. The molecule has 0 spiro atoms. The van der Waals surface area contributed by atoms with Crippen molar-refractivity contribution in [3.8, 4) is 0 Å². The molecule has 0 atom stereocenters. The highest BCUT2D eigenvalue weighted by Gasteiger charge is 2.27. The molecule has 8 heteroatoms. The van der Waals surface area contributed by atoms with Crippen molar-refractivity contribution >= 4 is 33.0 Å². The lowest BCUT2D eigenvalue weighted by Crippen LogP contribution is -2.35. The van der Waals surface area contributed by atoms with Crippen LogP contribution in [0.3, 0.4) is 0 Å². The monoisotopic (exact) mass is 392 g/mol. The summed E-state index contributed by atoms with van der Waals surface area (Å²) < 4.78 is 27.3. The van der Waals surface area contributed by atoms with Gasteiger partial charge in [-0.2, -0.15) is 4.31 Å². The first kappa shape index (κ1) is 18.9. The molecule has 1 aromatic heterocycles. The number of sulfonamides is 1. The van der Waals surface area contributed by atoms with E-state index < -0.39 is 10.0 Å². The van der Waals surface area contributed by atoms with Crippen LogP contribution in [-0.4, -0.2) is 31.8 Å². The lowest BCUT2D eigenvalue weighted by molar-refractivity contribution is 0.347. The smallest absolute Gasteiger partial charge is 0.252 e. The van der Waals surface area contributed by atoms with Crippen LogP contribution in [0.1, 0.15) is 29.7 Å². The Bertz CT molecular complexity index is 884. The molecule has 1 fully saturated rings. The van der Waals surface area contributed by atoms with Crippen molar-refractivity contribution in [2.24, 2.45) is 10.7 Å². The summed E-state index contributed by atoms with van der Waals surface area (Å²) in [4.78, 5) is 5.18. The number of nitrogens with one attached hydrogen (secondary N) is 1. The third kappa shape index (κ3) is 4.63. The van der Waals surface area contributed by atoms with Gasteiger partial charge in [-0.1, -0.05) is 18.6 Å². The average molecular weight is 393 g/mol. The van der Waals surface area contributed by atoms with Crippen molar-refractivity contribution in [1.29, 1.82) is 0 Å². The van der Waals surface area contributed by atoms with Crippen LogP contribution in [0.25, 0.3) is 0 Å². The van der Waals surface area contributed by atoms with Crippen LogP contribution in [0.2, 0.25) is 0 Å². The van der Waals surface area contributed by atoms with E-state index in [1.807, 2.05) is 37.3 Å². The van der Waals surface area contributed by atoms with Gasteiger partial charge in [0.1, 0.15) is 4.21 Å². The van der Waals surface area contributed by atoms with Crippen molar-refractivity contribution in [3.63, 3.8) is 0 Å². The number of piperidine rings is 1. The van der Waals surface area contributed by atoms with Gasteiger partial charge in [-0.25, -0.2) is 13.4 Å². The van der Waals surface area contributed by atoms with E-state index in [9.17, 15) is 8.42 Å². The van der Waals surface area contributed by atoms with Crippen LogP contribution in [-0.2, 0) is 16.6 Å². The van der Waals surface area contributed by atoms with Gasteiger partial charge < -0.3 is 11.1 Å². The topological polar surface area (TPSA) is 87.8 Å². The number of benzene rings is 1. The second kappa shape index (κ2) is 8.20. The molecule has 0 unspecified atom stereocenters. The molecular weight excluding hydrogens is 368 g/mol. The number of thiophene rings is 1. The van der Waals surface area contributed by atoms with Crippen molar-refractivity contribution in [1.82, 2.24) is 4.31 Å². The number of aliphatic imine (C=N–C) groups is 1. The molecule has 6 nitrogen and oxygen atoms in total. The zero-order valence-corrected chi connectivity index (χ0v) is 16.4. The van der Waals surface area contributed by atoms with Gasteiger partial charge in [0.25, 0.3) is 10.0 Å². The van der Waals surface area contributed by atoms with Crippen LogP contribution in [0.4, 0.5) is 5.69 Å². The molecule has 0 aliphatic carbocycles. The van der Waals surface area contributed by atoms with E-state index in [0.717, 1.165) is 35.4 Å². The number of nitrogens with two attached hydrogens (primary N) is 1. The highest BCUT2D eigenvalue weighted by atomic mass is 32.2. The maximum Gasteiger partial charge on any atom is 0.252 e. The summed E-state index contributed by atoms with van der Waals surface area (Å²) in [5.41, 5.74) is 7.94. The molecule has 26 heavy (non-hydrogen) atoms. The Hall–Kier alpha value is -1.90. The predicted octanol–water partition coefficient (Wildman–Crippen LogP) is 3.16. The maximum atomic E-state index is 12.7. The summed E-state index contributed by atoms with van der Waals surface area (Å²) in [6.07, 6.45) is 2.97. The third-order valence-electron chi connectivity index (χ3n) is 4.24. The number of hydrogen-bond acceptors (Lipinski definition) is 4. The number of hydrogen-bond donors (Lipinski definition) is 2. The Labute approximate surface area is 158 Å². The number of nitrogens with zero attached hydrogens (tertiary/aromatic N) is 2. The van der Waals surface area contributed by atoms with E-state index in [-0.39, 0.29) is 0 Å². The molecule has 0 amide bonds. The zero-order valence-electron chi connectivity index (χ0n) is 14.8. The molecule has 1 aliphatic heterocycles. The molecule has 2 aromatic rings. The van der Waals surface area contributed by atoms with E-state index >= 15 is 0 Å². The Morgan fingerprint density at radius 2 is 2.00 bits per heavy atom. The second-order valence-corrected chi connectivity index (χ2v) is 9.71. The largest absolute Gasteiger partial charge is 0.370 e. The fraction of sp³-hybridized carbons (Fsp3) is 0.389. The molecule has 2 heterocycles. The molecule has 1 saturated heterocycles. The van der Waals surface area contributed by atoms with Gasteiger partial charge in [0, 0.05) is 23.7 Å². The van der Waals surface area contributed by atoms with Crippen LogP contribution >= 0.6 is 11.3 Å². The quantitative estimate of drug-likeness (QED) is 0.604. The van der Waals surface area contributed by atoms with Gasteiger partial charge in [0.2, 0.25) is 0 Å². The lowest BCUT2D eigenvalue weighted by atomic mass is 10.2. The fourth-order valence-corrected chi connectivity index (χ4v) is 5.84. The van der Waals surface area contributed by atoms with Crippen molar-refractivity contribution in [3.05, 3.63) is 46.8 Å². The Morgan fingerprint density at radius 1 is 1.23 bits per heavy atom. The van der Waals surface area contributed by atoms with Gasteiger partial charge in [0.05, 0.1) is 6.54 Å². The molecule has 3 rings (SSSR count). The minimum Gasteiger partial charge on any atom is -0.370 e. The van der Waals surface area contributed by atoms with Gasteiger partial charge >= 0.3 is 0 Å². The third-order valence-corrected chi connectivity index (χ3v) is 7.68. The predicted molar refractivity (Wildman–Crippen MR) is 107 cm³/mol. The summed E-state index contributed by atoms with van der Waals surface area (Å²) in [6.45, 7) is 3.58. The van der Waals surface area contributed by atoms with E-state index in [2.05, 4.69) is 10.3 Å². The van der Waals surface area contributed by atoms with E-state index in [4.69, 9.17) is 5.73 Å². The number of rotatable bonds is 5. The molecule has 140 valence electrons. The first-order valence-electron chi connectivity index (χ1n) is 8.67. The normalized spacial score (nSPS) is 16.6. The Morgan fingerprint density at radius 3 is 2.73 bits per heavy atom. The molecule has 1 aromatic carbocycles. The highest BCUT2D eigenvalue weighted by molar-refractivity contribution is 7.91. The van der Waals surface area contributed by atoms with Gasteiger partial charge in [-0.15, -0.1) is 11.3 Å². The maximum absolute atomic E-state index is 12.7. The fourth-order valence-electron chi connectivity index (χ4n) is 2.89. The first-order chi connectivity index (χ1) is 12.4. The zero-order chi connectivity index (χ0) is 18.6. The first-order valence-corrected chi connectivity index (χ1v) is 10.9. The molecule has 1 aliphatic rings.